The van der Waals surface area contributed by atoms with E-state index in [4.69, 9.17) is 0 Å². The summed E-state index contributed by atoms with van der Waals surface area (Å²) < 4.78 is 0.817. The molecule has 0 saturated carbocycles. The quantitative estimate of drug-likeness (QED) is 0.416. The standard InChI is InChI=1S/C7H7Br2NO/c1-10-6(8)3-2-5(4-11)7(10)9/h2-4,6H,1H3. The van der Waals surface area contributed by atoms with Gasteiger partial charge in [0.05, 0.1) is 4.61 Å². The Bertz CT molecular complexity index is 235. The molecule has 2 nitrogen and oxygen atoms in total. The monoisotopic (exact) mass is 279 g/mol. The van der Waals surface area contributed by atoms with Crippen molar-refractivity contribution >= 4 is 38.1 Å². The lowest BCUT2D eigenvalue weighted by molar-refractivity contribution is -0.104. The van der Waals surface area contributed by atoms with Crippen molar-refractivity contribution in [2.75, 3.05) is 7.05 Å². The molecule has 11 heavy (non-hydrogen) atoms. The van der Waals surface area contributed by atoms with E-state index in [2.05, 4.69) is 31.9 Å². The Balaban J connectivity index is 2.96. The summed E-state index contributed by atoms with van der Waals surface area (Å²) in [5, 5.41) is 0. The highest BCUT2D eigenvalue weighted by atomic mass is 79.9. The molecule has 0 spiro atoms. The summed E-state index contributed by atoms with van der Waals surface area (Å²) in [6, 6.07) is 0. The van der Waals surface area contributed by atoms with Gasteiger partial charge in [-0.05, 0) is 15.9 Å². The lowest BCUT2D eigenvalue weighted by Crippen LogP contribution is -2.25. The molecule has 0 aromatic heterocycles. The van der Waals surface area contributed by atoms with Gasteiger partial charge >= 0.3 is 0 Å². The van der Waals surface area contributed by atoms with E-state index in [1.807, 2.05) is 18.0 Å². The van der Waals surface area contributed by atoms with Crippen LogP contribution in [0.1, 0.15) is 0 Å². The van der Waals surface area contributed by atoms with Gasteiger partial charge in [0, 0.05) is 12.6 Å². The summed E-state index contributed by atoms with van der Waals surface area (Å²) in [6.07, 6.45) is 4.53. The summed E-state index contributed by atoms with van der Waals surface area (Å²) in [5.41, 5.74) is 0.670. The first-order valence-electron chi connectivity index (χ1n) is 3.07. The number of nitrogens with zero attached hydrogens (tertiary/aromatic N) is 1. The van der Waals surface area contributed by atoms with Gasteiger partial charge in [0.2, 0.25) is 0 Å². The molecule has 0 N–H and O–H groups in total. The average molecular weight is 281 g/mol. The van der Waals surface area contributed by atoms with Crippen LogP contribution in [-0.2, 0) is 4.79 Å². The Morgan fingerprint density at radius 2 is 2.36 bits per heavy atom. The molecular weight excluding hydrogens is 274 g/mol. The van der Waals surface area contributed by atoms with Crippen molar-refractivity contribution in [1.82, 2.24) is 4.90 Å². The summed E-state index contributed by atoms with van der Waals surface area (Å²) in [6.45, 7) is 0. The second-order valence-corrected chi connectivity index (χ2v) is 3.90. The molecule has 0 fully saturated rings. The minimum atomic E-state index is 0.167. The Morgan fingerprint density at radius 3 is 2.91 bits per heavy atom. The third-order valence-corrected chi connectivity index (χ3v) is 3.42. The third-order valence-electron chi connectivity index (χ3n) is 1.48. The lowest BCUT2D eigenvalue weighted by Gasteiger charge is -2.26. The van der Waals surface area contributed by atoms with Crippen LogP contribution in [-0.4, -0.2) is 23.2 Å². The first kappa shape index (κ1) is 9.00. The summed E-state index contributed by atoms with van der Waals surface area (Å²) in [7, 11) is 1.90. The molecule has 4 heteroatoms. The minimum absolute atomic E-state index is 0.167. The average Bonchev–Trinajstić information content (AvgIpc) is 2.01. The predicted molar refractivity (Wildman–Crippen MR) is 51.6 cm³/mol. The first-order valence-corrected chi connectivity index (χ1v) is 4.77. The molecular formula is C7H7Br2NO. The molecule has 1 rings (SSSR count). The second kappa shape index (κ2) is 3.54. The van der Waals surface area contributed by atoms with Crippen LogP contribution >= 0.6 is 31.9 Å². The largest absolute Gasteiger partial charge is 0.352 e. The molecule has 0 aliphatic carbocycles. The number of hydrogen-bond acceptors (Lipinski definition) is 2. The number of allylic oxidation sites excluding steroid dienone is 2. The van der Waals surface area contributed by atoms with Crippen LogP contribution in [0.15, 0.2) is 22.3 Å². The van der Waals surface area contributed by atoms with E-state index in [0.29, 0.717) is 5.57 Å². The Kier molecular flexibility index (Phi) is 2.90. The van der Waals surface area contributed by atoms with E-state index in [-0.39, 0.29) is 4.95 Å². The van der Waals surface area contributed by atoms with Crippen molar-refractivity contribution in [2.45, 2.75) is 4.95 Å². The molecule has 1 heterocycles. The van der Waals surface area contributed by atoms with Crippen molar-refractivity contribution in [3.63, 3.8) is 0 Å². The number of hydrogen-bond donors (Lipinski definition) is 0. The smallest absolute Gasteiger partial charge is 0.152 e. The Morgan fingerprint density at radius 1 is 1.73 bits per heavy atom. The number of likely N-dealkylation sites (N-methyl/N-ethyl adjacent to an activating group) is 1. The van der Waals surface area contributed by atoms with Crippen LogP contribution in [0.25, 0.3) is 0 Å². The normalized spacial score (nSPS) is 24.3. The van der Waals surface area contributed by atoms with E-state index < -0.39 is 0 Å². The zero-order chi connectivity index (χ0) is 8.43. The van der Waals surface area contributed by atoms with E-state index in [9.17, 15) is 4.79 Å². The molecule has 0 amide bonds. The van der Waals surface area contributed by atoms with Crippen LogP contribution in [0.3, 0.4) is 0 Å². The van der Waals surface area contributed by atoms with E-state index in [1.165, 1.54) is 0 Å². The number of rotatable bonds is 1. The van der Waals surface area contributed by atoms with Crippen molar-refractivity contribution in [3.05, 3.63) is 22.3 Å². The van der Waals surface area contributed by atoms with E-state index >= 15 is 0 Å². The third kappa shape index (κ3) is 1.73. The van der Waals surface area contributed by atoms with Crippen molar-refractivity contribution in [1.29, 1.82) is 0 Å². The predicted octanol–water partition coefficient (Wildman–Crippen LogP) is 2.01. The van der Waals surface area contributed by atoms with Crippen molar-refractivity contribution < 1.29 is 4.79 Å². The van der Waals surface area contributed by atoms with E-state index in [0.717, 1.165) is 10.9 Å². The summed E-state index contributed by atoms with van der Waals surface area (Å²) in [5.74, 6) is 0. The maximum absolute atomic E-state index is 10.4. The molecule has 1 unspecified atom stereocenters. The van der Waals surface area contributed by atoms with Gasteiger partial charge in [0.25, 0.3) is 0 Å². The van der Waals surface area contributed by atoms with Crippen LogP contribution in [0.5, 0.6) is 0 Å². The van der Waals surface area contributed by atoms with Gasteiger partial charge in [-0.15, -0.1) is 0 Å². The van der Waals surface area contributed by atoms with Gasteiger partial charge in [0.15, 0.2) is 6.29 Å². The van der Waals surface area contributed by atoms with Gasteiger partial charge in [-0.3, -0.25) is 4.79 Å². The molecule has 0 radical (unpaired) electrons. The minimum Gasteiger partial charge on any atom is -0.352 e. The zero-order valence-corrected chi connectivity index (χ0v) is 9.09. The number of aldehydes is 1. The highest BCUT2D eigenvalue weighted by molar-refractivity contribution is 9.12. The van der Waals surface area contributed by atoms with Gasteiger partial charge in [-0.25, -0.2) is 0 Å². The number of carbonyl (C=O) groups is 1. The van der Waals surface area contributed by atoms with Crippen LogP contribution in [0, 0.1) is 0 Å². The van der Waals surface area contributed by atoms with Gasteiger partial charge < -0.3 is 4.90 Å². The first-order chi connectivity index (χ1) is 5.16. The van der Waals surface area contributed by atoms with Crippen LogP contribution in [0.4, 0.5) is 0 Å². The second-order valence-electron chi connectivity index (χ2n) is 2.21. The van der Waals surface area contributed by atoms with Crippen LogP contribution in [0.2, 0.25) is 0 Å². The lowest BCUT2D eigenvalue weighted by atomic mass is 10.2. The van der Waals surface area contributed by atoms with Crippen molar-refractivity contribution in [3.8, 4) is 0 Å². The number of halogens is 2. The molecule has 1 aliphatic heterocycles. The molecule has 1 atom stereocenters. The topological polar surface area (TPSA) is 20.3 Å². The van der Waals surface area contributed by atoms with E-state index in [1.54, 1.807) is 6.08 Å². The van der Waals surface area contributed by atoms with Gasteiger partial charge in [-0.1, -0.05) is 28.1 Å². The number of alkyl halides is 1. The molecule has 1 aliphatic rings. The SMILES string of the molecule is CN1C(Br)=C(C=O)C=CC1Br. The Labute approximate surface area is 82.2 Å². The fourth-order valence-corrected chi connectivity index (χ4v) is 1.86. The van der Waals surface area contributed by atoms with Crippen molar-refractivity contribution in [2.24, 2.45) is 0 Å². The Hall–Kier alpha value is -0.0900. The molecule has 60 valence electrons. The summed E-state index contributed by atoms with van der Waals surface area (Å²) >= 11 is 6.72. The fraction of sp³-hybridized carbons (Fsp3) is 0.286. The maximum atomic E-state index is 10.4. The highest BCUT2D eigenvalue weighted by Crippen LogP contribution is 2.25. The maximum Gasteiger partial charge on any atom is 0.152 e. The highest BCUT2D eigenvalue weighted by Gasteiger charge is 2.16. The van der Waals surface area contributed by atoms with Crippen LogP contribution < -0.4 is 0 Å². The molecule has 0 aromatic carbocycles. The summed E-state index contributed by atoms with van der Waals surface area (Å²) in [4.78, 5) is 12.5. The molecule has 0 aromatic rings. The zero-order valence-electron chi connectivity index (χ0n) is 5.92. The molecule has 0 saturated heterocycles. The van der Waals surface area contributed by atoms with Gasteiger partial charge in [0.1, 0.15) is 4.95 Å². The molecule has 0 bridgehead atoms. The van der Waals surface area contributed by atoms with Gasteiger partial charge in [-0.2, -0.15) is 0 Å². The fourth-order valence-electron chi connectivity index (χ4n) is 0.781. The number of carbonyl (C=O) groups excluding carboxylic acids is 1.